The van der Waals surface area contributed by atoms with Crippen LogP contribution in [0.1, 0.15) is 5.56 Å². The predicted octanol–water partition coefficient (Wildman–Crippen LogP) is 5.09. The Bertz CT molecular complexity index is 1150. The molecule has 1 aromatic heterocycles. The Morgan fingerprint density at radius 3 is 2.50 bits per heavy atom. The van der Waals surface area contributed by atoms with Crippen molar-refractivity contribution in [3.8, 4) is 22.6 Å². The summed E-state index contributed by atoms with van der Waals surface area (Å²) in [7, 11) is 1.58. The van der Waals surface area contributed by atoms with E-state index in [-0.39, 0.29) is 5.43 Å². The van der Waals surface area contributed by atoms with Gasteiger partial charge in [0.2, 0.25) is 5.43 Å². The van der Waals surface area contributed by atoms with Gasteiger partial charge in [0.1, 0.15) is 23.3 Å². The molecule has 0 N–H and O–H groups in total. The lowest BCUT2D eigenvalue weighted by Crippen LogP contribution is -2.06. The van der Waals surface area contributed by atoms with Gasteiger partial charge >= 0.3 is 0 Å². The number of methoxy groups -OCH3 is 1. The number of rotatable bonds is 6. The third kappa shape index (κ3) is 3.62. The third-order valence-electron chi connectivity index (χ3n) is 4.65. The summed E-state index contributed by atoms with van der Waals surface area (Å²) in [6.07, 6.45) is 2.30. The molecule has 4 heteroatoms. The van der Waals surface area contributed by atoms with Crippen LogP contribution < -0.4 is 14.9 Å². The number of ether oxygens (including phenoxy) is 2. The molecular weight excluding hydrogens is 352 g/mol. The fraction of sp³-hybridized carbons (Fsp3) is 0.125. The maximum atomic E-state index is 13.0. The van der Waals surface area contributed by atoms with Crippen LogP contribution in [0.15, 0.2) is 88.3 Å². The van der Waals surface area contributed by atoms with Crippen LogP contribution in [0.5, 0.6) is 11.5 Å². The van der Waals surface area contributed by atoms with Crippen LogP contribution in [-0.4, -0.2) is 13.7 Å². The summed E-state index contributed by atoms with van der Waals surface area (Å²) in [6.45, 7) is 0.555. The Morgan fingerprint density at radius 1 is 0.893 bits per heavy atom. The number of fused-ring (bicyclic) bond motifs is 1. The molecule has 0 saturated carbocycles. The average molecular weight is 372 g/mol. The van der Waals surface area contributed by atoms with Crippen molar-refractivity contribution in [3.63, 3.8) is 0 Å². The highest BCUT2D eigenvalue weighted by Gasteiger charge is 2.13. The normalized spacial score (nSPS) is 10.8. The van der Waals surface area contributed by atoms with Crippen LogP contribution in [0.2, 0.25) is 0 Å². The molecule has 0 radical (unpaired) electrons. The van der Waals surface area contributed by atoms with E-state index in [1.807, 2.05) is 42.5 Å². The Balaban J connectivity index is 1.59. The van der Waals surface area contributed by atoms with Gasteiger partial charge in [-0.2, -0.15) is 0 Å². The van der Waals surface area contributed by atoms with E-state index < -0.39 is 0 Å². The van der Waals surface area contributed by atoms with Crippen molar-refractivity contribution in [2.24, 2.45) is 0 Å². The number of para-hydroxylation sites is 1. The van der Waals surface area contributed by atoms with Gasteiger partial charge in [-0.15, -0.1) is 0 Å². The Labute approximate surface area is 163 Å². The topological polar surface area (TPSA) is 48.7 Å². The number of benzene rings is 3. The lowest BCUT2D eigenvalue weighted by Gasteiger charge is -2.09. The summed E-state index contributed by atoms with van der Waals surface area (Å²) in [5, 5.41) is 0.513. The van der Waals surface area contributed by atoms with Crippen molar-refractivity contribution >= 4 is 11.0 Å². The zero-order valence-corrected chi connectivity index (χ0v) is 15.6. The summed E-state index contributed by atoms with van der Waals surface area (Å²) in [4.78, 5) is 13.0. The summed E-state index contributed by atoms with van der Waals surface area (Å²) in [5.74, 6) is 1.31. The molecule has 0 spiro atoms. The zero-order chi connectivity index (χ0) is 19.3. The molecule has 28 heavy (non-hydrogen) atoms. The van der Waals surface area contributed by atoms with Crippen molar-refractivity contribution in [3.05, 3.63) is 94.8 Å². The second-order valence-electron chi connectivity index (χ2n) is 6.42. The van der Waals surface area contributed by atoms with Gasteiger partial charge in [0.25, 0.3) is 0 Å². The summed E-state index contributed by atoms with van der Waals surface area (Å²) in [5.41, 5.74) is 2.81. The van der Waals surface area contributed by atoms with E-state index in [1.165, 1.54) is 11.8 Å². The minimum atomic E-state index is -0.0958. The smallest absolute Gasteiger partial charge is 0.200 e. The summed E-state index contributed by atoms with van der Waals surface area (Å²) >= 11 is 0. The van der Waals surface area contributed by atoms with E-state index in [9.17, 15) is 4.79 Å². The minimum absolute atomic E-state index is 0.0958. The van der Waals surface area contributed by atoms with E-state index in [2.05, 4.69) is 12.1 Å². The van der Waals surface area contributed by atoms with Gasteiger partial charge in [-0.05, 0) is 23.8 Å². The second-order valence-corrected chi connectivity index (χ2v) is 6.42. The lowest BCUT2D eigenvalue weighted by atomic mass is 10.0. The molecule has 4 rings (SSSR count). The van der Waals surface area contributed by atoms with Crippen LogP contribution >= 0.6 is 0 Å². The van der Waals surface area contributed by atoms with Gasteiger partial charge in [-0.3, -0.25) is 4.79 Å². The van der Waals surface area contributed by atoms with Gasteiger partial charge < -0.3 is 13.9 Å². The van der Waals surface area contributed by atoms with Crippen molar-refractivity contribution < 1.29 is 13.9 Å². The maximum Gasteiger partial charge on any atom is 0.200 e. The molecule has 0 bridgehead atoms. The predicted molar refractivity (Wildman–Crippen MR) is 110 cm³/mol. The molecule has 0 fully saturated rings. The van der Waals surface area contributed by atoms with Gasteiger partial charge in [-0.25, -0.2) is 0 Å². The number of hydrogen-bond acceptors (Lipinski definition) is 4. The van der Waals surface area contributed by atoms with Gasteiger partial charge in [-0.1, -0.05) is 48.5 Å². The lowest BCUT2D eigenvalue weighted by molar-refractivity contribution is 0.322. The maximum absolute atomic E-state index is 13.0. The average Bonchev–Trinajstić information content (AvgIpc) is 2.75. The quantitative estimate of drug-likeness (QED) is 0.473. The highest BCUT2D eigenvalue weighted by atomic mass is 16.5. The molecule has 3 aromatic carbocycles. The minimum Gasteiger partial charge on any atom is -0.496 e. The summed E-state index contributed by atoms with van der Waals surface area (Å²) in [6, 6.07) is 22.9. The molecule has 0 aliphatic heterocycles. The SMILES string of the molecule is COc1ccccc1-c1coc2cc(OCCc3ccccc3)ccc2c1=O. The van der Waals surface area contributed by atoms with Crippen molar-refractivity contribution in [1.29, 1.82) is 0 Å². The molecule has 4 aromatic rings. The summed E-state index contributed by atoms with van der Waals surface area (Å²) < 4.78 is 16.9. The van der Waals surface area contributed by atoms with Crippen molar-refractivity contribution in [1.82, 2.24) is 0 Å². The molecule has 0 atom stereocenters. The fourth-order valence-corrected chi connectivity index (χ4v) is 3.18. The Morgan fingerprint density at radius 2 is 1.68 bits per heavy atom. The van der Waals surface area contributed by atoms with Crippen molar-refractivity contribution in [2.75, 3.05) is 13.7 Å². The first-order valence-electron chi connectivity index (χ1n) is 9.12. The van der Waals surface area contributed by atoms with Gasteiger partial charge in [0.15, 0.2) is 0 Å². The molecule has 0 unspecified atom stereocenters. The molecule has 0 aliphatic rings. The van der Waals surface area contributed by atoms with E-state index in [1.54, 1.807) is 25.3 Å². The molecule has 0 aliphatic carbocycles. The van der Waals surface area contributed by atoms with E-state index in [4.69, 9.17) is 13.9 Å². The standard InChI is InChI=1S/C24H20O4/c1-26-22-10-6-5-9-19(22)21-16-28-23-15-18(11-12-20(23)24(21)25)27-14-13-17-7-3-2-4-8-17/h2-12,15-16H,13-14H2,1H3. The monoisotopic (exact) mass is 372 g/mol. The van der Waals surface area contributed by atoms with Gasteiger partial charge in [0, 0.05) is 18.1 Å². The largest absolute Gasteiger partial charge is 0.496 e. The van der Waals surface area contributed by atoms with Crippen LogP contribution in [-0.2, 0) is 6.42 Å². The van der Waals surface area contributed by atoms with E-state index >= 15 is 0 Å². The number of hydrogen-bond donors (Lipinski definition) is 0. The van der Waals surface area contributed by atoms with Gasteiger partial charge in [0.05, 0.1) is 24.7 Å². The van der Waals surface area contributed by atoms with Crippen LogP contribution in [0.3, 0.4) is 0 Å². The second kappa shape index (κ2) is 8.01. The van der Waals surface area contributed by atoms with E-state index in [0.29, 0.717) is 40.2 Å². The molecule has 1 heterocycles. The highest BCUT2D eigenvalue weighted by Crippen LogP contribution is 2.29. The molecular formula is C24H20O4. The van der Waals surface area contributed by atoms with E-state index in [0.717, 1.165) is 6.42 Å². The van der Waals surface area contributed by atoms with Crippen LogP contribution in [0.4, 0.5) is 0 Å². The third-order valence-corrected chi connectivity index (χ3v) is 4.65. The first-order valence-corrected chi connectivity index (χ1v) is 9.12. The molecule has 4 nitrogen and oxygen atoms in total. The zero-order valence-electron chi connectivity index (χ0n) is 15.6. The van der Waals surface area contributed by atoms with Crippen LogP contribution in [0.25, 0.3) is 22.1 Å². The Kier molecular flexibility index (Phi) is 5.11. The Hall–Kier alpha value is -3.53. The molecule has 0 saturated heterocycles. The molecule has 140 valence electrons. The first-order chi connectivity index (χ1) is 13.8. The van der Waals surface area contributed by atoms with Crippen molar-refractivity contribution in [2.45, 2.75) is 6.42 Å². The highest BCUT2D eigenvalue weighted by molar-refractivity contribution is 5.83. The fourth-order valence-electron chi connectivity index (χ4n) is 3.18. The van der Waals surface area contributed by atoms with Crippen LogP contribution in [0, 0.1) is 0 Å². The first kappa shape index (κ1) is 17.9. The molecule has 0 amide bonds.